The third-order valence-corrected chi connectivity index (χ3v) is 5.94. The maximum absolute atomic E-state index is 12.7. The van der Waals surface area contributed by atoms with Gasteiger partial charge in [-0.1, -0.05) is 39.6 Å². The Morgan fingerprint density at radius 1 is 1.34 bits per heavy atom. The summed E-state index contributed by atoms with van der Waals surface area (Å²) in [7, 11) is 1.47. The molecule has 3 aromatic rings. The van der Waals surface area contributed by atoms with Crippen LogP contribution in [0.25, 0.3) is 11.3 Å². The van der Waals surface area contributed by atoms with Crippen molar-refractivity contribution in [3.63, 3.8) is 0 Å². The number of rotatable bonds is 5. The predicted molar refractivity (Wildman–Crippen MR) is 118 cm³/mol. The van der Waals surface area contributed by atoms with Crippen molar-refractivity contribution in [3.8, 4) is 23.4 Å². The third kappa shape index (κ3) is 4.41. The molecular weight excluding hydrogens is 477 g/mol. The van der Waals surface area contributed by atoms with Crippen LogP contribution in [0.5, 0.6) is 0 Å². The molecule has 13 heteroatoms. The molecule has 0 aliphatic rings. The van der Waals surface area contributed by atoms with Crippen molar-refractivity contribution in [2.24, 2.45) is 7.05 Å². The second kappa shape index (κ2) is 9.32. The van der Waals surface area contributed by atoms with Crippen molar-refractivity contribution >= 4 is 52.4 Å². The number of hydrogen-bond acceptors (Lipinski definition) is 8. The number of carbonyl (C=O) groups excluding carboxylic acids is 1. The first-order chi connectivity index (χ1) is 15.2. The summed E-state index contributed by atoms with van der Waals surface area (Å²) >= 11 is 12.9. The van der Waals surface area contributed by atoms with Gasteiger partial charge < -0.3 is 11.1 Å². The lowest BCUT2D eigenvalue weighted by Gasteiger charge is -2.15. The number of aromatic nitrogens is 3. The van der Waals surface area contributed by atoms with E-state index in [1.165, 1.54) is 17.8 Å². The molecule has 10 nitrogen and oxygen atoms in total. The molecular formula is C19H14Cl2N7O3S+. The van der Waals surface area contributed by atoms with Crippen LogP contribution in [-0.2, 0) is 11.8 Å². The highest BCUT2D eigenvalue weighted by Gasteiger charge is 2.32. The number of pyridine rings is 1. The molecule has 1 atom stereocenters. The minimum absolute atomic E-state index is 0.0316. The first-order valence-electron chi connectivity index (χ1n) is 8.82. The zero-order valence-electron chi connectivity index (χ0n) is 16.6. The van der Waals surface area contributed by atoms with Gasteiger partial charge in [-0.05, 0) is 30.4 Å². The average molecular weight is 491 g/mol. The van der Waals surface area contributed by atoms with Gasteiger partial charge in [0.15, 0.2) is 7.05 Å². The van der Waals surface area contributed by atoms with E-state index in [1.807, 2.05) is 12.1 Å². The van der Waals surface area contributed by atoms with Crippen molar-refractivity contribution < 1.29 is 14.0 Å². The Hall–Kier alpha value is -3.51. The summed E-state index contributed by atoms with van der Waals surface area (Å²) in [5.74, 6) is -0.626. The topological polar surface area (TPSA) is 165 Å². The highest BCUT2D eigenvalue weighted by atomic mass is 35.5. The van der Waals surface area contributed by atoms with E-state index in [4.69, 9.17) is 33.5 Å². The molecule has 32 heavy (non-hydrogen) atoms. The fourth-order valence-corrected chi connectivity index (χ4v) is 4.15. The Morgan fingerprint density at radius 2 is 2.03 bits per heavy atom. The number of nitrogen functional groups attached to an aromatic ring is 1. The van der Waals surface area contributed by atoms with Crippen LogP contribution >= 0.6 is 35.0 Å². The van der Waals surface area contributed by atoms with Crippen molar-refractivity contribution in [3.05, 3.63) is 49.8 Å². The van der Waals surface area contributed by atoms with E-state index < -0.39 is 16.8 Å². The van der Waals surface area contributed by atoms with E-state index in [2.05, 4.69) is 15.6 Å². The van der Waals surface area contributed by atoms with Gasteiger partial charge >= 0.3 is 11.3 Å². The summed E-state index contributed by atoms with van der Waals surface area (Å²) in [6.45, 7) is 1.59. The van der Waals surface area contributed by atoms with Crippen LogP contribution in [0.2, 0.25) is 10.0 Å². The van der Waals surface area contributed by atoms with E-state index in [0.29, 0.717) is 10.7 Å². The van der Waals surface area contributed by atoms with Crippen LogP contribution in [0.15, 0.2) is 32.5 Å². The van der Waals surface area contributed by atoms with Crippen LogP contribution in [0.4, 0.5) is 11.5 Å². The zero-order valence-corrected chi connectivity index (χ0v) is 18.9. The van der Waals surface area contributed by atoms with Crippen LogP contribution in [0, 0.1) is 22.7 Å². The van der Waals surface area contributed by atoms with Crippen LogP contribution in [-0.4, -0.2) is 21.4 Å². The number of nitrogens with two attached hydrogens (primary N) is 1. The highest BCUT2D eigenvalue weighted by Crippen LogP contribution is 2.35. The Kier molecular flexibility index (Phi) is 6.75. The number of nitriles is 2. The lowest BCUT2D eigenvalue weighted by atomic mass is 10.0. The first-order valence-corrected chi connectivity index (χ1v) is 10.5. The average Bonchev–Trinajstić information content (AvgIpc) is 3.07. The number of thioether (sulfide) groups is 1. The number of hydrogen-bond donors (Lipinski definition) is 3. The normalized spacial score (nSPS) is 11.4. The second-order valence-electron chi connectivity index (χ2n) is 6.41. The number of amides is 1. The summed E-state index contributed by atoms with van der Waals surface area (Å²) in [5, 5.41) is 24.4. The van der Waals surface area contributed by atoms with Gasteiger partial charge in [0.1, 0.15) is 34.1 Å². The molecule has 0 spiro atoms. The lowest BCUT2D eigenvalue weighted by molar-refractivity contribution is -0.730. The number of H-pyrrole nitrogens is 1. The number of nitrogens with one attached hydrogen (secondary N) is 2. The summed E-state index contributed by atoms with van der Waals surface area (Å²) in [4.78, 5) is 29.0. The smallest absolute Gasteiger partial charge is 0.383 e. The molecule has 1 amide bonds. The first kappa shape index (κ1) is 23.2. The molecule has 0 bridgehead atoms. The highest BCUT2D eigenvalue weighted by molar-refractivity contribution is 8.00. The summed E-state index contributed by atoms with van der Waals surface area (Å²) in [6, 6.07) is 8.44. The Morgan fingerprint density at radius 3 is 2.59 bits per heavy atom. The fraction of sp³-hybridized carbons (Fsp3) is 0.158. The number of benzene rings is 1. The SMILES string of the molecule is CC(Sc1nc(N)c(C#N)c(-c2c(=O)o[nH][n+]2C)c1C#N)C(=O)Nc1ccc(Cl)cc1Cl. The van der Waals surface area contributed by atoms with Crippen molar-refractivity contribution in [2.75, 3.05) is 11.1 Å². The quantitative estimate of drug-likeness (QED) is 0.362. The third-order valence-electron chi connectivity index (χ3n) is 4.30. The van der Waals surface area contributed by atoms with E-state index >= 15 is 0 Å². The molecule has 0 saturated heterocycles. The molecule has 3 rings (SSSR count). The molecule has 1 aromatic carbocycles. The van der Waals surface area contributed by atoms with Crippen molar-refractivity contribution in [1.82, 2.24) is 10.3 Å². The van der Waals surface area contributed by atoms with Gasteiger partial charge in [-0.15, -0.1) is 0 Å². The van der Waals surface area contributed by atoms with Gasteiger partial charge in [0, 0.05) is 5.02 Å². The maximum atomic E-state index is 12.7. The maximum Gasteiger partial charge on any atom is 0.435 e. The second-order valence-corrected chi connectivity index (χ2v) is 8.59. The Balaban J connectivity index is 2.01. The standard InChI is InChI=1S/C19H13Cl2N7O3S/c1-8(17(29)25-13-4-3-9(20)5-12(13)21)32-18-11(7-23)14(10(6-22)16(24)26-18)15-19(30)31-27-28(15)2/h3-5,8H,1-2H3,(H3-,24,25,26,27,29,30)/p+1. The monoisotopic (exact) mass is 490 g/mol. The van der Waals surface area contributed by atoms with E-state index in [9.17, 15) is 20.1 Å². The lowest BCUT2D eigenvalue weighted by Crippen LogP contribution is -2.34. The molecule has 0 fully saturated rings. The minimum atomic E-state index is -0.801. The summed E-state index contributed by atoms with van der Waals surface area (Å²) in [5.41, 5.74) is 5.13. The molecule has 0 radical (unpaired) electrons. The number of nitrogens with zero attached hydrogens (tertiary/aromatic N) is 4. The molecule has 2 heterocycles. The number of halogens is 2. The number of aromatic amines is 1. The van der Waals surface area contributed by atoms with Crippen molar-refractivity contribution in [1.29, 1.82) is 10.5 Å². The number of carbonyl (C=O) groups is 1. The Bertz CT molecular complexity index is 1370. The minimum Gasteiger partial charge on any atom is -0.383 e. The summed E-state index contributed by atoms with van der Waals surface area (Å²) < 4.78 is 5.96. The van der Waals surface area contributed by atoms with Crippen LogP contribution in [0.1, 0.15) is 18.1 Å². The van der Waals surface area contributed by atoms with Gasteiger partial charge in [0.2, 0.25) is 5.91 Å². The van der Waals surface area contributed by atoms with Gasteiger partial charge in [0.05, 0.1) is 21.5 Å². The zero-order chi connectivity index (χ0) is 23.6. The largest absolute Gasteiger partial charge is 0.435 e. The van der Waals surface area contributed by atoms with Gasteiger partial charge in [-0.2, -0.15) is 10.5 Å². The number of aryl methyl sites for hydroxylation is 1. The van der Waals surface area contributed by atoms with Gasteiger partial charge in [0.25, 0.3) is 0 Å². The summed E-state index contributed by atoms with van der Waals surface area (Å²) in [6.07, 6.45) is 0. The molecule has 2 aromatic heterocycles. The molecule has 0 saturated carbocycles. The van der Waals surface area contributed by atoms with E-state index in [0.717, 1.165) is 11.8 Å². The molecule has 1 unspecified atom stereocenters. The van der Waals surface area contributed by atoms with Crippen LogP contribution in [0.3, 0.4) is 0 Å². The van der Waals surface area contributed by atoms with E-state index in [-0.39, 0.29) is 38.3 Å². The van der Waals surface area contributed by atoms with Gasteiger partial charge in [-0.3, -0.25) is 9.32 Å². The van der Waals surface area contributed by atoms with Crippen molar-refractivity contribution in [2.45, 2.75) is 17.2 Å². The number of anilines is 2. The fourth-order valence-electron chi connectivity index (χ4n) is 2.78. The van der Waals surface area contributed by atoms with E-state index in [1.54, 1.807) is 19.1 Å². The Labute approximate surface area is 195 Å². The van der Waals surface area contributed by atoms with Gasteiger partial charge in [-0.25, -0.2) is 9.78 Å². The molecule has 0 aliphatic carbocycles. The van der Waals surface area contributed by atoms with Crippen LogP contribution < -0.4 is 21.4 Å². The molecule has 0 aliphatic heterocycles. The predicted octanol–water partition coefficient (Wildman–Crippen LogP) is 2.61. The molecule has 4 N–H and O–H groups in total. The molecule has 162 valence electrons.